The predicted octanol–water partition coefficient (Wildman–Crippen LogP) is 2.22. The number of aromatic nitrogens is 2. The van der Waals surface area contributed by atoms with Gasteiger partial charge in [0.05, 0.1) is 21.8 Å². The maximum Gasteiger partial charge on any atom is 0.280 e. The molecule has 0 fully saturated rings. The van der Waals surface area contributed by atoms with Crippen LogP contribution < -0.4 is 11.1 Å². The van der Waals surface area contributed by atoms with Crippen molar-refractivity contribution >= 4 is 45.3 Å². The van der Waals surface area contributed by atoms with Crippen LogP contribution in [0.4, 0.5) is 0 Å². The van der Waals surface area contributed by atoms with Crippen molar-refractivity contribution in [3.05, 3.63) is 79.0 Å². The summed E-state index contributed by atoms with van der Waals surface area (Å²) in [5.74, 6) is 0. The molecule has 6 heteroatoms. The number of nitrogens with zero attached hydrogens (tertiary/aromatic N) is 2. The molecule has 0 aromatic carbocycles. The van der Waals surface area contributed by atoms with Crippen molar-refractivity contribution in [3.8, 4) is 0 Å². The second-order valence-corrected chi connectivity index (χ2v) is 6.54. The normalized spacial score (nSPS) is 17.5. The van der Waals surface area contributed by atoms with Gasteiger partial charge in [-0.05, 0) is 0 Å². The lowest BCUT2D eigenvalue weighted by molar-refractivity contribution is 1.19. The third kappa shape index (κ3) is 2.18. The summed E-state index contributed by atoms with van der Waals surface area (Å²) in [7, 11) is 0. The average Bonchev–Trinajstić information content (AvgIpc) is 3.08. The minimum Gasteiger partial charge on any atom is -0.267 e. The number of thiocarbonyl (C=S) groups is 2. The molecule has 24 heavy (non-hydrogen) atoms. The molecule has 2 heterocycles. The van der Waals surface area contributed by atoms with E-state index in [9.17, 15) is 9.59 Å². The van der Waals surface area contributed by atoms with E-state index in [1.54, 1.807) is 12.2 Å². The van der Waals surface area contributed by atoms with E-state index >= 15 is 0 Å². The van der Waals surface area contributed by atoms with Gasteiger partial charge in [0.15, 0.2) is 0 Å². The van der Waals surface area contributed by atoms with Crippen molar-refractivity contribution in [2.24, 2.45) is 0 Å². The molecule has 0 spiro atoms. The van der Waals surface area contributed by atoms with Gasteiger partial charge in [0.1, 0.15) is 0 Å². The van der Waals surface area contributed by atoms with Crippen molar-refractivity contribution in [1.29, 1.82) is 0 Å². The van der Waals surface area contributed by atoms with Gasteiger partial charge in [-0.1, -0.05) is 60.9 Å². The minimum atomic E-state index is -0.457. The number of allylic oxidation sites excluding steroid dienone is 8. The average molecular weight is 350 g/mol. The number of hydrogen-bond acceptors (Lipinski definition) is 6. The van der Waals surface area contributed by atoms with Gasteiger partial charge < -0.3 is 0 Å². The fourth-order valence-electron chi connectivity index (χ4n) is 2.98. The van der Waals surface area contributed by atoms with Crippen molar-refractivity contribution < 1.29 is 0 Å². The summed E-state index contributed by atoms with van der Waals surface area (Å²) in [6, 6.07) is 0. The minimum absolute atomic E-state index is 0.247. The highest BCUT2D eigenvalue weighted by atomic mass is 32.1. The molecule has 4 nitrogen and oxygen atoms in total. The maximum atomic E-state index is 12.5. The molecule has 4 rings (SSSR count). The van der Waals surface area contributed by atoms with Crippen LogP contribution in [-0.4, -0.2) is 19.7 Å². The second kappa shape index (κ2) is 5.58. The maximum absolute atomic E-state index is 12.5. The number of rotatable bonds is 2. The summed E-state index contributed by atoms with van der Waals surface area (Å²) < 4.78 is 0. The first-order valence-electron chi connectivity index (χ1n) is 7.40. The van der Waals surface area contributed by atoms with Crippen molar-refractivity contribution in [1.82, 2.24) is 9.97 Å². The van der Waals surface area contributed by atoms with Crippen molar-refractivity contribution in [2.75, 3.05) is 0 Å². The predicted molar refractivity (Wildman–Crippen MR) is 101 cm³/mol. The third-order valence-electron chi connectivity index (χ3n) is 4.09. The molecule has 0 N–H and O–H groups in total. The molecule has 0 amide bonds. The quantitative estimate of drug-likeness (QED) is 0.774. The molecule has 0 saturated heterocycles. The lowest BCUT2D eigenvalue weighted by Crippen LogP contribution is -2.12. The zero-order valence-corrected chi connectivity index (χ0v) is 14.0. The summed E-state index contributed by atoms with van der Waals surface area (Å²) in [6.45, 7) is 0. The SMILES string of the molecule is O=c1nc(C2=CC=CCC2=S)c2c(=O)nc(C3=CC=CCC3=S)c1=2. The van der Waals surface area contributed by atoms with E-state index in [1.807, 2.05) is 24.3 Å². The Labute approximate surface area is 147 Å². The molecule has 0 unspecified atom stereocenters. The van der Waals surface area contributed by atoms with Crippen LogP contribution in [-0.2, 0) is 0 Å². The molecule has 0 bridgehead atoms. The molecule has 0 saturated carbocycles. The fraction of sp³-hybridized carbons (Fsp3) is 0.111. The van der Waals surface area contributed by atoms with E-state index in [0.717, 1.165) is 0 Å². The molecular weight excluding hydrogens is 340 g/mol. The van der Waals surface area contributed by atoms with E-state index in [0.29, 0.717) is 45.1 Å². The summed E-state index contributed by atoms with van der Waals surface area (Å²) in [5, 5.41) is 0.495. The largest absolute Gasteiger partial charge is 0.280 e. The summed E-state index contributed by atoms with van der Waals surface area (Å²) in [6.07, 6.45) is 12.3. The molecule has 4 aliphatic rings. The lowest BCUT2D eigenvalue weighted by Gasteiger charge is -2.07. The zero-order valence-electron chi connectivity index (χ0n) is 12.4. The Morgan fingerprint density at radius 3 is 1.54 bits per heavy atom. The van der Waals surface area contributed by atoms with Gasteiger partial charge >= 0.3 is 0 Å². The van der Waals surface area contributed by atoms with Crippen LogP contribution in [0.25, 0.3) is 11.1 Å². The lowest BCUT2D eigenvalue weighted by atomic mass is 9.99. The first-order valence-corrected chi connectivity index (χ1v) is 8.21. The highest BCUT2D eigenvalue weighted by Gasteiger charge is 2.24. The molecule has 2 aliphatic heterocycles. The Balaban J connectivity index is 2.06. The van der Waals surface area contributed by atoms with Crippen LogP contribution >= 0.6 is 24.4 Å². The molecule has 116 valence electrons. The zero-order chi connectivity index (χ0) is 16.8. The Morgan fingerprint density at radius 2 is 1.17 bits per heavy atom. The molecule has 0 radical (unpaired) electrons. The van der Waals surface area contributed by atoms with E-state index in [1.165, 1.54) is 0 Å². The van der Waals surface area contributed by atoms with Crippen LogP contribution in [0.2, 0.25) is 0 Å². The fourth-order valence-corrected chi connectivity index (χ4v) is 3.50. The number of hydrogen-bond donors (Lipinski definition) is 0. The third-order valence-corrected chi connectivity index (χ3v) is 4.87. The van der Waals surface area contributed by atoms with Gasteiger partial charge in [0.25, 0.3) is 11.1 Å². The topological polar surface area (TPSA) is 59.9 Å². The highest BCUT2D eigenvalue weighted by Crippen LogP contribution is 2.24. The first-order chi connectivity index (χ1) is 11.6. The molecule has 0 aromatic heterocycles. The Bertz CT molecular complexity index is 1080. The second-order valence-electron chi connectivity index (χ2n) is 5.55. The van der Waals surface area contributed by atoms with Gasteiger partial charge in [-0.15, -0.1) is 0 Å². The van der Waals surface area contributed by atoms with Crippen LogP contribution in [0.15, 0.2) is 46.0 Å². The van der Waals surface area contributed by atoms with Crippen molar-refractivity contribution in [2.45, 2.75) is 12.8 Å². The van der Waals surface area contributed by atoms with Crippen LogP contribution in [0, 0.1) is 10.4 Å². The van der Waals surface area contributed by atoms with Crippen LogP contribution in [0.3, 0.4) is 0 Å². The van der Waals surface area contributed by atoms with Crippen LogP contribution in [0.5, 0.6) is 0 Å². The summed E-state index contributed by atoms with van der Waals surface area (Å²) in [4.78, 5) is 34.4. The van der Waals surface area contributed by atoms with Gasteiger partial charge in [-0.3, -0.25) is 9.59 Å². The van der Waals surface area contributed by atoms with Gasteiger partial charge in [-0.2, -0.15) is 0 Å². The molecule has 0 atom stereocenters. The Morgan fingerprint density at radius 1 is 0.750 bits per heavy atom. The monoisotopic (exact) mass is 350 g/mol. The summed E-state index contributed by atoms with van der Waals surface area (Å²) >= 11 is 10.7. The van der Waals surface area contributed by atoms with Crippen LogP contribution in [0.1, 0.15) is 24.2 Å². The van der Waals surface area contributed by atoms with Gasteiger partial charge in [0, 0.05) is 33.7 Å². The van der Waals surface area contributed by atoms with Crippen molar-refractivity contribution in [3.63, 3.8) is 0 Å². The highest BCUT2D eigenvalue weighted by molar-refractivity contribution is 7.81. The molecular formula is C18H10N2O2S2. The Kier molecular flexibility index (Phi) is 3.51. The Hall–Kier alpha value is -2.44. The summed E-state index contributed by atoms with van der Waals surface area (Å²) in [5.41, 5.74) is 1.06. The van der Waals surface area contributed by atoms with E-state index in [-0.39, 0.29) is 10.4 Å². The van der Waals surface area contributed by atoms with Gasteiger partial charge in [-0.25, -0.2) is 9.97 Å². The van der Waals surface area contributed by atoms with E-state index in [4.69, 9.17) is 24.4 Å². The molecule has 0 aromatic rings. The smallest absolute Gasteiger partial charge is 0.267 e. The molecule has 2 aliphatic carbocycles. The standard InChI is InChI=1S/C18H10N2O2S2/c21-17-13-14(16(20-17)10-6-2-4-8-12(10)24)18(22)19-15(13)9-5-1-3-7-11(9)23/h1-6H,7-8H2. The van der Waals surface area contributed by atoms with E-state index < -0.39 is 11.1 Å². The van der Waals surface area contributed by atoms with Gasteiger partial charge in [0.2, 0.25) is 0 Å². The first kappa shape index (κ1) is 15.1. The van der Waals surface area contributed by atoms with E-state index in [2.05, 4.69) is 9.97 Å².